The summed E-state index contributed by atoms with van der Waals surface area (Å²) >= 11 is 0. The molecule has 0 saturated heterocycles. The molecule has 0 bridgehead atoms. The Hall–Kier alpha value is -1.49. The first-order chi connectivity index (χ1) is 9.99. The molecule has 0 unspecified atom stereocenters. The van der Waals surface area contributed by atoms with Gasteiger partial charge in [-0.25, -0.2) is 0 Å². The van der Waals surface area contributed by atoms with Crippen LogP contribution in [0, 0.1) is 0 Å². The second kappa shape index (κ2) is 8.72. The zero-order valence-electron chi connectivity index (χ0n) is 12.1. The summed E-state index contributed by atoms with van der Waals surface area (Å²) < 4.78 is 26.7. The molecule has 0 N–H and O–H groups in total. The molecule has 0 amide bonds. The van der Waals surface area contributed by atoms with E-state index in [0.717, 1.165) is 5.56 Å². The topological polar surface area (TPSA) is 78.9 Å². The Morgan fingerprint density at radius 2 is 1.57 bits per heavy atom. The monoisotopic (exact) mass is 314 g/mol. The standard InChI is InChI=1S/C14H19O6P/c1-3-18-21(17,19-4-2)11-14(16)20-13(15)10-12-8-6-5-7-9-12/h5-9H,3-4,10-11H2,1-2H3. The average molecular weight is 314 g/mol. The molecule has 1 aromatic rings. The molecule has 0 spiro atoms. The van der Waals surface area contributed by atoms with E-state index >= 15 is 0 Å². The molecule has 6 nitrogen and oxygen atoms in total. The Labute approximate surface area is 123 Å². The lowest BCUT2D eigenvalue weighted by Crippen LogP contribution is -2.18. The van der Waals surface area contributed by atoms with E-state index in [-0.39, 0.29) is 19.6 Å². The average Bonchev–Trinajstić information content (AvgIpc) is 2.39. The fourth-order valence-electron chi connectivity index (χ4n) is 1.64. The molecular formula is C14H19O6P. The van der Waals surface area contributed by atoms with E-state index in [9.17, 15) is 14.2 Å². The lowest BCUT2D eigenvalue weighted by atomic mass is 10.2. The van der Waals surface area contributed by atoms with Crippen molar-refractivity contribution in [2.24, 2.45) is 0 Å². The van der Waals surface area contributed by atoms with Crippen LogP contribution in [0.2, 0.25) is 0 Å². The molecule has 0 radical (unpaired) electrons. The van der Waals surface area contributed by atoms with Gasteiger partial charge in [0.1, 0.15) is 6.16 Å². The van der Waals surface area contributed by atoms with Gasteiger partial charge in [0.05, 0.1) is 19.6 Å². The van der Waals surface area contributed by atoms with Crippen LogP contribution in [0.25, 0.3) is 0 Å². The normalized spacial score (nSPS) is 11.1. The molecule has 116 valence electrons. The summed E-state index contributed by atoms with van der Waals surface area (Å²) in [5, 5.41) is 0. The first kappa shape index (κ1) is 17.6. The van der Waals surface area contributed by atoms with Crippen molar-refractivity contribution in [1.29, 1.82) is 0 Å². The number of esters is 2. The minimum Gasteiger partial charge on any atom is -0.392 e. The van der Waals surface area contributed by atoms with Gasteiger partial charge >= 0.3 is 19.5 Å². The fourth-order valence-corrected chi connectivity index (χ4v) is 3.06. The Morgan fingerprint density at radius 1 is 1.00 bits per heavy atom. The maximum absolute atomic E-state index is 12.1. The molecule has 0 saturated carbocycles. The maximum atomic E-state index is 12.1. The van der Waals surface area contributed by atoms with Gasteiger partial charge in [-0.15, -0.1) is 0 Å². The van der Waals surface area contributed by atoms with E-state index in [1.165, 1.54) is 0 Å². The predicted octanol–water partition coefficient (Wildman–Crippen LogP) is 2.57. The minimum absolute atomic E-state index is 0.0276. The molecule has 0 fully saturated rings. The minimum atomic E-state index is -3.54. The molecule has 0 heterocycles. The number of ether oxygens (including phenoxy) is 1. The largest absolute Gasteiger partial charge is 0.392 e. The number of hydrogen-bond donors (Lipinski definition) is 0. The molecule has 1 rings (SSSR count). The molecule has 1 aromatic carbocycles. The molecule has 0 aromatic heterocycles. The summed E-state index contributed by atoms with van der Waals surface area (Å²) in [5.41, 5.74) is 0.730. The van der Waals surface area contributed by atoms with Gasteiger partial charge < -0.3 is 13.8 Å². The smallest absolute Gasteiger partial charge is 0.341 e. The lowest BCUT2D eigenvalue weighted by Gasteiger charge is -2.15. The van der Waals surface area contributed by atoms with E-state index in [1.807, 2.05) is 6.07 Å². The molecule has 7 heteroatoms. The SMILES string of the molecule is CCOP(=O)(CC(=O)OC(=O)Cc1ccccc1)OCC. The van der Waals surface area contributed by atoms with Gasteiger partial charge in [0, 0.05) is 0 Å². The highest BCUT2D eigenvalue weighted by Gasteiger charge is 2.29. The number of benzene rings is 1. The van der Waals surface area contributed by atoms with Crippen LogP contribution in [-0.2, 0) is 34.4 Å². The van der Waals surface area contributed by atoms with Crippen molar-refractivity contribution in [3.05, 3.63) is 35.9 Å². The summed E-state index contributed by atoms with van der Waals surface area (Å²) in [4.78, 5) is 23.2. The van der Waals surface area contributed by atoms with Crippen LogP contribution in [0.1, 0.15) is 19.4 Å². The second-order valence-electron chi connectivity index (χ2n) is 4.11. The number of rotatable bonds is 8. The first-order valence-corrected chi connectivity index (χ1v) is 8.37. The Morgan fingerprint density at radius 3 is 2.10 bits per heavy atom. The second-order valence-corrected chi connectivity index (χ2v) is 6.17. The summed E-state index contributed by atoms with van der Waals surface area (Å²) in [5.74, 6) is -1.62. The molecular weight excluding hydrogens is 295 g/mol. The summed E-state index contributed by atoms with van der Waals surface area (Å²) in [6, 6.07) is 8.88. The zero-order chi connectivity index (χ0) is 15.7. The van der Waals surface area contributed by atoms with Crippen molar-refractivity contribution in [3.8, 4) is 0 Å². The van der Waals surface area contributed by atoms with Crippen molar-refractivity contribution >= 4 is 19.5 Å². The van der Waals surface area contributed by atoms with Crippen molar-refractivity contribution in [3.63, 3.8) is 0 Å². The fraction of sp³-hybridized carbons (Fsp3) is 0.429. The summed E-state index contributed by atoms with van der Waals surface area (Å²) in [7, 11) is -3.54. The third-order valence-corrected chi connectivity index (χ3v) is 4.34. The first-order valence-electron chi connectivity index (χ1n) is 6.64. The number of carbonyl (C=O) groups excluding carboxylic acids is 2. The highest BCUT2D eigenvalue weighted by atomic mass is 31.2. The maximum Gasteiger partial charge on any atom is 0.341 e. The number of hydrogen-bond acceptors (Lipinski definition) is 6. The van der Waals surface area contributed by atoms with Crippen LogP contribution in [0.4, 0.5) is 0 Å². The Balaban J connectivity index is 2.52. The molecule has 21 heavy (non-hydrogen) atoms. The highest BCUT2D eigenvalue weighted by molar-refractivity contribution is 7.54. The Bertz CT molecular complexity index is 503. The third kappa shape index (κ3) is 6.67. The third-order valence-electron chi connectivity index (χ3n) is 2.39. The zero-order valence-corrected chi connectivity index (χ0v) is 13.0. The van der Waals surface area contributed by atoms with Crippen LogP contribution in [0.3, 0.4) is 0 Å². The van der Waals surface area contributed by atoms with Crippen LogP contribution < -0.4 is 0 Å². The van der Waals surface area contributed by atoms with Crippen LogP contribution in [0.15, 0.2) is 30.3 Å². The summed E-state index contributed by atoms with van der Waals surface area (Å²) in [6.45, 7) is 3.56. The predicted molar refractivity (Wildman–Crippen MR) is 77.0 cm³/mol. The van der Waals surface area contributed by atoms with Crippen molar-refractivity contribution in [2.75, 3.05) is 19.4 Å². The van der Waals surface area contributed by atoms with Gasteiger partial charge in [-0.2, -0.15) is 0 Å². The van der Waals surface area contributed by atoms with Gasteiger partial charge in [-0.1, -0.05) is 30.3 Å². The Kier molecular flexibility index (Phi) is 7.29. The van der Waals surface area contributed by atoms with Gasteiger partial charge in [0.2, 0.25) is 0 Å². The summed E-state index contributed by atoms with van der Waals surface area (Å²) in [6.07, 6.45) is -0.602. The van der Waals surface area contributed by atoms with E-state index < -0.39 is 25.7 Å². The molecule has 0 aliphatic heterocycles. The van der Waals surface area contributed by atoms with Crippen LogP contribution >= 0.6 is 7.60 Å². The lowest BCUT2D eigenvalue weighted by molar-refractivity contribution is -0.157. The van der Waals surface area contributed by atoms with Gasteiger partial charge in [-0.05, 0) is 19.4 Å². The van der Waals surface area contributed by atoms with E-state index in [4.69, 9.17) is 9.05 Å². The van der Waals surface area contributed by atoms with Gasteiger partial charge in [-0.3, -0.25) is 14.2 Å². The van der Waals surface area contributed by atoms with E-state index in [1.54, 1.807) is 38.1 Å². The van der Waals surface area contributed by atoms with Crippen molar-refractivity contribution < 1.29 is 27.9 Å². The van der Waals surface area contributed by atoms with Crippen LogP contribution in [-0.4, -0.2) is 31.3 Å². The number of carbonyl (C=O) groups is 2. The molecule has 0 aliphatic rings. The highest BCUT2D eigenvalue weighted by Crippen LogP contribution is 2.47. The van der Waals surface area contributed by atoms with Crippen molar-refractivity contribution in [2.45, 2.75) is 20.3 Å². The van der Waals surface area contributed by atoms with Gasteiger partial charge in [0.15, 0.2) is 0 Å². The molecule has 0 atom stereocenters. The van der Waals surface area contributed by atoms with Crippen LogP contribution in [0.5, 0.6) is 0 Å². The quantitative estimate of drug-likeness (QED) is 0.417. The molecule has 0 aliphatic carbocycles. The van der Waals surface area contributed by atoms with Crippen molar-refractivity contribution in [1.82, 2.24) is 0 Å². The van der Waals surface area contributed by atoms with Gasteiger partial charge in [0.25, 0.3) is 0 Å². The van der Waals surface area contributed by atoms with E-state index in [0.29, 0.717) is 0 Å². The van der Waals surface area contributed by atoms with E-state index in [2.05, 4.69) is 4.74 Å².